The molecule has 0 radical (unpaired) electrons. The van der Waals surface area contributed by atoms with Crippen molar-refractivity contribution in [3.8, 4) is 5.75 Å². The summed E-state index contributed by atoms with van der Waals surface area (Å²) in [5.41, 5.74) is -0.915. The van der Waals surface area contributed by atoms with Crippen molar-refractivity contribution in [1.82, 2.24) is 4.90 Å². The largest absolute Gasteiger partial charge is 0.482 e. The molecule has 24 heavy (non-hydrogen) atoms. The van der Waals surface area contributed by atoms with Crippen LogP contribution in [-0.2, 0) is 14.3 Å². The summed E-state index contributed by atoms with van der Waals surface area (Å²) in [5.74, 6) is -1.01. The van der Waals surface area contributed by atoms with Crippen LogP contribution in [0.4, 0.5) is 0 Å². The first-order chi connectivity index (χ1) is 11.4. The molecule has 2 aliphatic rings. The lowest BCUT2D eigenvalue weighted by atomic mass is 9.74. The van der Waals surface area contributed by atoms with Gasteiger partial charge in [-0.25, -0.2) is 0 Å². The Balaban J connectivity index is 1.66. The number of carbonyl (C=O) groups is 2. The molecule has 2 aliphatic heterocycles. The molecule has 1 N–H and O–H groups in total. The zero-order valence-electron chi connectivity index (χ0n) is 12.8. The van der Waals surface area contributed by atoms with E-state index in [4.69, 9.17) is 32.7 Å². The SMILES string of the molecule is O=C(COc1cc(Cl)ccc1Cl)N1C[C@H]2COCC[C@@]2(C(=O)O)C1. The Kier molecular flexibility index (Phi) is 4.90. The smallest absolute Gasteiger partial charge is 0.311 e. The number of carboxylic acids is 1. The monoisotopic (exact) mass is 373 g/mol. The van der Waals surface area contributed by atoms with Crippen molar-refractivity contribution >= 4 is 35.1 Å². The van der Waals surface area contributed by atoms with Gasteiger partial charge < -0.3 is 19.5 Å². The predicted molar refractivity (Wildman–Crippen MR) is 87.5 cm³/mol. The van der Waals surface area contributed by atoms with Gasteiger partial charge in [-0.3, -0.25) is 9.59 Å². The number of aliphatic carboxylic acids is 1. The maximum absolute atomic E-state index is 12.4. The van der Waals surface area contributed by atoms with Gasteiger partial charge in [0.25, 0.3) is 5.91 Å². The van der Waals surface area contributed by atoms with Crippen molar-refractivity contribution < 1.29 is 24.2 Å². The molecule has 0 aromatic heterocycles. The maximum Gasteiger partial charge on any atom is 0.311 e. The summed E-state index contributed by atoms with van der Waals surface area (Å²) in [7, 11) is 0. The van der Waals surface area contributed by atoms with Gasteiger partial charge in [0.2, 0.25) is 0 Å². The number of hydrogen-bond acceptors (Lipinski definition) is 4. The van der Waals surface area contributed by atoms with Crippen molar-refractivity contribution in [2.45, 2.75) is 6.42 Å². The lowest BCUT2D eigenvalue weighted by Gasteiger charge is -2.33. The molecular formula is C16H17Cl2NO5. The van der Waals surface area contributed by atoms with E-state index in [0.29, 0.717) is 42.0 Å². The van der Waals surface area contributed by atoms with Crippen LogP contribution in [0.3, 0.4) is 0 Å². The second-order valence-electron chi connectivity index (χ2n) is 6.12. The van der Waals surface area contributed by atoms with Crippen LogP contribution < -0.4 is 4.74 Å². The van der Waals surface area contributed by atoms with E-state index in [1.165, 1.54) is 11.0 Å². The third-order valence-corrected chi connectivity index (χ3v) is 5.28. The van der Waals surface area contributed by atoms with Gasteiger partial charge in [-0.2, -0.15) is 0 Å². The molecule has 2 heterocycles. The van der Waals surface area contributed by atoms with E-state index >= 15 is 0 Å². The third kappa shape index (κ3) is 3.18. The van der Waals surface area contributed by atoms with Gasteiger partial charge in [0.1, 0.15) is 5.75 Å². The van der Waals surface area contributed by atoms with Crippen LogP contribution in [0.15, 0.2) is 18.2 Å². The number of fused-ring (bicyclic) bond motifs is 1. The van der Waals surface area contributed by atoms with Crippen LogP contribution in [0, 0.1) is 11.3 Å². The second kappa shape index (κ2) is 6.78. The second-order valence-corrected chi connectivity index (χ2v) is 6.96. The van der Waals surface area contributed by atoms with Crippen molar-refractivity contribution in [1.29, 1.82) is 0 Å². The number of amides is 1. The lowest BCUT2D eigenvalue weighted by molar-refractivity contribution is -0.157. The molecular weight excluding hydrogens is 357 g/mol. The number of carboxylic acid groups (broad SMARTS) is 1. The van der Waals surface area contributed by atoms with Crippen LogP contribution >= 0.6 is 23.2 Å². The average molecular weight is 374 g/mol. The minimum atomic E-state index is -0.915. The van der Waals surface area contributed by atoms with Gasteiger partial charge in [0.05, 0.1) is 17.0 Å². The fraction of sp³-hybridized carbons (Fsp3) is 0.500. The summed E-state index contributed by atoms with van der Waals surface area (Å²) in [6, 6.07) is 4.75. The van der Waals surface area contributed by atoms with E-state index in [-0.39, 0.29) is 25.0 Å². The highest BCUT2D eigenvalue weighted by Gasteiger charge is 2.54. The standard InChI is InChI=1S/C16H17Cl2NO5/c17-11-1-2-12(18)13(5-11)24-8-14(20)19-6-10-7-23-4-3-16(10,9-19)15(21)22/h1-2,5,10H,3-4,6-9H2,(H,21,22)/t10-,16+/m0/s1. The Morgan fingerprint density at radius 3 is 2.92 bits per heavy atom. The van der Waals surface area contributed by atoms with E-state index < -0.39 is 11.4 Å². The molecule has 130 valence electrons. The van der Waals surface area contributed by atoms with Gasteiger partial charge in [-0.1, -0.05) is 23.2 Å². The predicted octanol–water partition coefficient (Wildman–Crippen LogP) is 2.32. The lowest BCUT2D eigenvalue weighted by Crippen LogP contribution is -2.45. The highest BCUT2D eigenvalue weighted by Crippen LogP contribution is 2.42. The molecule has 1 aromatic rings. The van der Waals surface area contributed by atoms with Crippen molar-refractivity contribution in [2.75, 3.05) is 32.9 Å². The zero-order valence-corrected chi connectivity index (χ0v) is 14.3. The molecule has 0 spiro atoms. The summed E-state index contributed by atoms with van der Waals surface area (Å²) in [6.45, 7) is 1.08. The Morgan fingerprint density at radius 2 is 2.21 bits per heavy atom. The molecule has 1 aromatic carbocycles. The first kappa shape index (κ1) is 17.3. The summed E-state index contributed by atoms with van der Waals surface area (Å²) < 4.78 is 10.8. The van der Waals surface area contributed by atoms with Crippen LogP contribution in [-0.4, -0.2) is 54.8 Å². The fourth-order valence-electron chi connectivity index (χ4n) is 3.31. The Labute approximate surface area is 149 Å². The highest BCUT2D eigenvalue weighted by atomic mass is 35.5. The van der Waals surface area contributed by atoms with Crippen LogP contribution in [0.1, 0.15) is 6.42 Å². The molecule has 1 amide bonds. The van der Waals surface area contributed by atoms with Gasteiger partial charge in [-0.15, -0.1) is 0 Å². The summed E-state index contributed by atoms with van der Waals surface area (Å²) in [4.78, 5) is 25.7. The summed E-state index contributed by atoms with van der Waals surface area (Å²) >= 11 is 11.9. The normalized spacial score (nSPS) is 26.1. The Bertz CT molecular complexity index is 668. The molecule has 6 nitrogen and oxygen atoms in total. The van der Waals surface area contributed by atoms with E-state index in [2.05, 4.69) is 0 Å². The molecule has 3 rings (SSSR count). The van der Waals surface area contributed by atoms with Crippen LogP contribution in [0.5, 0.6) is 5.75 Å². The number of hydrogen-bond donors (Lipinski definition) is 1. The molecule has 0 unspecified atom stereocenters. The molecule has 0 aliphatic carbocycles. The van der Waals surface area contributed by atoms with E-state index in [1.807, 2.05) is 0 Å². The first-order valence-corrected chi connectivity index (χ1v) is 8.35. The van der Waals surface area contributed by atoms with Crippen molar-refractivity contribution in [3.63, 3.8) is 0 Å². The van der Waals surface area contributed by atoms with Crippen molar-refractivity contribution in [3.05, 3.63) is 28.2 Å². The van der Waals surface area contributed by atoms with Gasteiger partial charge >= 0.3 is 5.97 Å². The molecule has 0 saturated carbocycles. The Morgan fingerprint density at radius 1 is 1.42 bits per heavy atom. The Hall–Kier alpha value is -1.50. The van der Waals surface area contributed by atoms with E-state index in [9.17, 15) is 14.7 Å². The average Bonchev–Trinajstić information content (AvgIpc) is 2.96. The number of halogens is 2. The van der Waals surface area contributed by atoms with E-state index in [0.717, 1.165) is 0 Å². The topological polar surface area (TPSA) is 76.1 Å². The molecule has 2 atom stereocenters. The minimum absolute atomic E-state index is 0.182. The first-order valence-electron chi connectivity index (χ1n) is 7.59. The quantitative estimate of drug-likeness (QED) is 0.876. The number of nitrogens with zero attached hydrogens (tertiary/aromatic N) is 1. The van der Waals surface area contributed by atoms with Crippen LogP contribution in [0.25, 0.3) is 0 Å². The van der Waals surface area contributed by atoms with Crippen LogP contribution in [0.2, 0.25) is 10.0 Å². The zero-order chi connectivity index (χ0) is 17.3. The third-order valence-electron chi connectivity index (χ3n) is 4.73. The highest BCUT2D eigenvalue weighted by molar-refractivity contribution is 6.34. The number of likely N-dealkylation sites (tertiary alicyclic amines) is 1. The van der Waals surface area contributed by atoms with E-state index in [1.54, 1.807) is 12.1 Å². The summed E-state index contributed by atoms with van der Waals surface area (Å²) in [6.07, 6.45) is 0.414. The van der Waals surface area contributed by atoms with Gasteiger partial charge in [-0.05, 0) is 18.6 Å². The molecule has 8 heteroatoms. The molecule has 0 bridgehead atoms. The number of ether oxygens (including phenoxy) is 2. The van der Waals surface area contributed by atoms with Gasteiger partial charge in [0, 0.05) is 36.7 Å². The minimum Gasteiger partial charge on any atom is -0.482 e. The molecule has 2 fully saturated rings. The van der Waals surface area contributed by atoms with Gasteiger partial charge in [0.15, 0.2) is 6.61 Å². The number of carbonyl (C=O) groups excluding carboxylic acids is 1. The number of benzene rings is 1. The molecule has 2 saturated heterocycles. The summed E-state index contributed by atoms with van der Waals surface area (Å²) in [5, 5.41) is 10.4. The maximum atomic E-state index is 12.4. The number of rotatable bonds is 4. The fourth-order valence-corrected chi connectivity index (χ4v) is 3.64. The van der Waals surface area contributed by atoms with Crippen molar-refractivity contribution in [2.24, 2.45) is 11.3 Å².